The molecular formula is C21H21N3O2. The molecule has 0 N–H and O–H groups in total. The fraction of sp³-hybridized carbons (Fsp3) is 0.286. The molecule has 1 aliphatic heterocycles. The molecule has 1 unspecified atom stereocenters. The van der Waals surface area contributed by atoms with Gasteiger partial charge in [0.1, 0.15) is 0 Å². The lowest BCUT2D eigenvalue weighted by atomic mass is 10.0. The minimum Gasteiger partial charge on any atom is -0.342 e. The van der Waals surface area contributed by atoms with Gasteiger partial charge in [-0.3, -0.25) is 4.79 Å². The lowest BCUT2D eigenvalue weighted by Gasteiger charge is -2.16. The SMILES string of the molecule is O=C(Cc1ccccc1)N1CCC(Cc2noc(-c3ccccc3)n2)C1. The number of rotatable bonds is 5. The van der Waals surface area contributed by atoms with Crippen LogP contribution in [0.1, 0.15) is 17.8 Å². The Morgan fingerprint density at radius 2 is 1.81 bits per heavy atom. The van der Waals surface area contributed by atoms with E-state index in [1.807, 2.05) is 65.6 Å². The second-order valence-electron chi connectivity index (χ2n) is 6.74. The van der Waals surface area contributed by atoms with E-state index in [0.717, 1.165) is 37.1 Å². The van der Waals surface area contributed by atoms with Crippen LogP contribution >= 0.6 is 0 Å². The lowest BCUT2D eigenvalue weighted by molar-refractivity contribution is -0.129. The number of carbonyl (C=O) groups excluding carboxylic acids is 1. The van der Waals surface area contributed by atoms with Crippen molar-refractivity contribution >= 4 is 5.91 Å². The quantitative estimate of drug-likeness (QED) is 0.710. The minimum atomic E-state index is 0.191. The van der Waals surface area contributed by atoms with Crippen molar-refractivity contribution in [2.24, 2.45) is 5.92 Å². The summed E-state index contributed by atoms with van der Waals surface area (Å²) < 4.78 is 5.37. The smallest absolute Gasteiger partial charge is 0.257 e. The van der Waals surface area contributed by atoms with Gasteiger partial charge < -0.3 is 9.42 Å². The number of aromatic nitrogens is 2. The lowest BCUT2D eigenvalue weighted by Crippen LogP contribution is -2.30. The van der Waals surface area contributed by atoms with Crippen LogP contribution < -0.4 is 0 Å². The number of hydrogen-bond donors (Lipinski definition) is 0. The highest BCUT2D eigenvalue weighted by Crippen LogP contribution is 2.22. The zero-order valence-corrected chi connectivity index (χ0v) is 14.5. The van der Waals surface area contributed by atoms with Gasteiger partial charge in [-0.15, -0.1) is 0 Å². The van der Waals surface area contributed by atoms with Crippen LogP contribution in [0.2, 0.25) is 0 Å². The number of amides is 1. The highest BCUT2D eigenvalue weighted by Gasteiger charge is 2.27. The van der Waals surface area contributed by atoms with Gasteiger partial charge in [-0.25, -0.2) is 0 Å². The summed E-state index contributed by atoms with van der Waals surface area (Å²) in [7, 11) is 0. The Hall–Kier alpha value is -2.95. The predicted molar refractivity (Wildman–Crippen MR) is 98.3 cm³/mol. The normalized spacial score (nSPS) is 16.8. The second kappa shape index (κ2) is 7.52. The summed E-state index contributed by atoms with van der Waals surface area (Å²) in [5, 5.41) is 4.10. The molecule has 1 aliphatic rings. The Bertz CT molecular complexity index is 861. The first-order chi connectivity index (χ1) is 12.8. The maximum absolute atomic E-state index is 12.5. The van der Waals surface area contributed by atoms with Crippen molar-refractivity contribution in [1.29, 1.82) is 0 Å². The Balaban J connectivity index is 1.33. The molecule has 0 spiro atoms. The molecule has 2 aromatic carbocycles. The summed E-state index contributed by atoms with van der Waals surface area (Å²) in [6.07, 6.45) is 2.19. The fourth-order valence-corrected chi connectivity index (χ4v) is 3.40. The number of likely N-dealkylation sites (tertiary alicyclic amines) is 1. The topological polar surface area (TPSA) is 59.2 Å². The Morgan fingerprint density at radius 3 is 2.58 bits per heavy atom. The van der Waals surface area contributed by atoms with Crippen LogP contribution in [-0.4, -0.2) is 34.0 Å². The molecule has 1 amide bonds. The predicted octanol–water partition coefficient (Wildman–Crippen LogP) is 3.37. The summed E-state index contributed by atoms with van der Waals surface area (Å²) in [5.41, 5.74) is 1.99. The summed E-state index contributed by atoms with van der Waals surface area (Å²) >= 11 is 0. The fourth-order valence-electron chi connectivity index (χ4n) is 3.40. The number of benzene rings is 2. The van der Waals surface area contributed by atoms with Crippen molar-refractivity contribution in [2.75, 3.05) is 13.1 Å². The second-order valence-corrected chi connectivity index (χ2v) is 6.74. The average molecular weight is 347 g/mol. The largest absolute Gasteiger partial charge is 0.342 e. The molecule has 5 heteroatoms. The molecule has 132 valence electrons. The van der Waals surface area contributed by atoms with Crippen molar-refractivity contribution in [3.05, 3.63) is 72.1 Å². The Morgan fingerprint density at radius 1 is 1.08 bits per heavy atom. The summed E-state index contributed by atoms with van der Waals surface area (Å²) in [6.45, 7) is 1.57. The third-order valence-corrected chi connectivity index (χ3v) is 4.80. The number of hydrogen-bond acceptors (Lipinski definition) is 4. The van der Waals surface area contributed by atoms with E-state index in [-0.39, 0.29) is 5.91 Å². The van der Waals surface area contributed by atoms with E-state index in [0.29, 0.717) is 24.1 Å². The molecular weight excluding hydrogens is 326 g/mol. The van der Waals surface area contributed by atoms with Crippen LogP contribution in [0.25, 0.3) is 11.5 Å². The first-order valence-electron chi connectivity index (χ1n) is 8.97. The Labute approximate surface area is 152 Å². The van der Waals surface area contributed by atoms with Crippen molar-refractivity contribution < 1.29 is 9.32 Å². The molecule has 1 fully saturated rings. The summed E-state index contributed by atoms with van der Waals surface area (Å²) in [4.78, 5) is 18.9. The van der Waals surface area contributed by atoms with E-state index < -0.39 is 0 Å². The molecule has 5 nitrogen and oxygen atoms in total. The van der Waals surface area contributed by atoms with Gasteiger partial charge in [0.25, 0.3) is 5.89 Å². The molecule has 2 heterocycles. The highest BCUT2D eigenvalue weighted by molar-refractivity contribution is 5.79. The molecule has 1 saturated heterocycles. The van der Waals surface area contributed by atoms with Crippen LogP contribution in [0.4, 0.5) is 0 Å². The minimum absolute atomic E-state index is 0.191. The molecule has 3 aromatic rings. The van der Waals surface area contributed by atoms with Crippen molar-refractivity contribution in [1.82, 2.24) is 15.0 Å². The number of nitrogens with zero attached hydrogens (tertiary/aromatic N) is 3. The van der Waals surface area contributed by atoms with E-state index in [1.54, 1.807) is 0 Å². The number of carbonyl (C=O) groups is 1. The van der Waals surface area contributed by atoms with Gasteiger partial charge >= 0.3 is 0 Å². The van der Waals surface area contributed by atoms with Gasteiger partial charge in [0.05, 0.1) is 6.42 Å². The van der Waals surface area contributed by atoms with E-state index in [1.165, 1.54) is 0 Å². The van der Waals surface area contributed by atoms with Crippen LogP contribution in [0.3, 0.4) is 0 Å². The van der Waals surface area contributed by atoms with E-state index >= 15 is 0 Å². The van der Waals surface area contributed by atoms with Gasteiger partial charge in [0.2, 0.25) is 5.91 Å². The monoisotopic (exact) mass is 347 g/mol. The highest BCUT2D eigenvalue weighted by atomic mass is 16.5. The molecule has 1 aromatic heterocycles. The van der Waals surface area contributed by atoms with Gasteiger partial charge in [-0.2, -0.15) is 4.98 Å². The third kappa shape index (κ3) is 3.82. The molecule has 1 atom stereocenters. The van der Waals surface area contributed by atoms with Gasteiger partial charge in [0.15, 0.2) is 5.82 Å². The molecule has 0 aliphatic carbocycles. The molecule has 0 bridgehead atoms. The van der Waals surface area contributed by atoms with E-state index in [4.69, 9.17) is 4.52 Å². The molecule has 0 radical (unpaired) electrons. The molecule has 0 saturated carbocycles. The maximum atomic E-state index is 12.5. The molecule has 4 rings (SSSR count). The summed E-state index contributed by atoms with van der Waals surface area (Å²) in [6, 6.07) is 19.7. The Kier molecular flexibility index (Phi) is 4.78. The zero-order chi connectivity index (χ0) is 17.8. The van der Waals surface area contributed by atoms with E-state index in [9.17, 15) is 4.79 Å². The van der Waals surface area contributed by atoms with Crippen LogP contribution in [-0.2, 0) is 17.6 Å². The maximum Gasteiger partial charge on any atom is 0.257 e. The van der Waals surface area contributed by atoms with Crippen LogP contribution in [0.5, 0.6) is 0 Å². The zero-order valence-electron chi connectivity index (χ0n) is 14.5. The first kappa shape index (κ1) is 16.5. The summed E-state index contributed by atoms with van der Waals surface area (Å²) in [5.74, 6) is 1.84. The third-order valence-electron chi connectivity index (χ3n) is 4.80. The van der Waals surface area contributed by atoms with Crippen LogP contribution in [0, 0.1) is 5.92 Å². The van der Waals surface area contributed by atoms with Gasteiger partial charge in [-0.05, 0) is 30.0 Å². The standard InChI is InChI=1S/C21H21N3O2/c25-20(14-16-7-3-1-4-8-16)24-12-11-17(15-24)13-19-22-21(26-23-19)18-9-5-2-6-10-18/h1-10,17H,11-15H2. The van der Waals surface area contributed by atoms with Gasteiger partial charge in [0, 0.05) is 25.1 Å². The first-order valence-corrected chi connectivity index (χ1v) is 8.97. The van der Waals surface area contributed by atoms with Crippen molar-refractivity contribution in [2.45, 2.75) is 19.3 Å². The van der Waals surface area contributed by atoms with Crippen molar-refractivity contribution in [3.63, 3.8) is 0 Å². The van der Waals surface area contributed by atoms with Gasteiger partial charge in [-0.1, -0.05) is 53.7 Å². The molecule has 26 heavy (non-hydrogen) atoms. The average Bonchev–Trinajstić information content (AvgIpc) is 3.33. The van der Waals surface area contributed by atoms with Crippen molar-refractivity contribution in [3.8, 4) is 11.5 Å². The van der Waals surface area contributed by atoms with E-state index in [2.05, 4.69) is 10.1 Å². The van der Waals surface area contributed by atoms with Crippen LogP contribution in [0.15, 0.2) is 65.2 Å².